The molecule has 0 heterocycles. The van der Waals surface area contributed by atoms with Crippen LogP contribution in [0.15, 0.2) is 12.1 Å². The van der Waals surface area contributed by atoms with Gasteiger partial charge in [0.1, 0.15) is 5.69 Å². The van der Waals surface area contributed by atoms with Gasteiger partial charge in [0.25, 0.3) is 5.69 Å². The number of methoxy groups -OCH3 is 1. The Morgan fingerprint density at radius 1 is 1.40 bits per heavy atom. The first kappa shape index (κ1) is 15.4. The fourth-order valence-electron chi connectivity index (χ4n) is 2.52. The van der Waals surface area contributed by atoms with Crippen molar-refractivity contribution in [3.63, 3.8) is 0 Å². The molecule has 1 N–H and O–H groups in total. The van der Waals surface area contributed by atoms with Crippen molar-refractivity contribution in [3.8, 4) is 0 Å². The van der Waals surface area contributed by atoms with Crippen LogP contribution in [-0.2, 0) is 4.74 Å². The van der Waals surface area contributed by atoms with Crippen LogP contribution in [0.2, 0.25) is 10.0 Å². The molecule has 2 atom stereocenters. The minimum atomic E-state index is -0.468. The molecule has 2 unspecified atom stereocenters. The first-order chi connectivity index (χ1) is 9.27. The molecule has 0 saturated heterocycles. The van der Waals surface area contributed by atoms with Crippen LogP contribution in [0.4, 0.5) is 11.4 Å². The van der Waals surface area contributed by atoms with Crippen molar-refractivity contribution < 1.29 is 9.66 Å². The summed E-state index contributed by atoms with van der Waals surface area (Å²) >= 11 is 11.8. The Morgan fingerprint density at radius 2 is 2.00 bits per heavy atom. The number of nitro benzene ring substituents is 1. The normalized spacial score (nSPS) is 24.1. The molecule has 0 amide bonds. The minimum absolute atomic E-state index is 0.0731. The molecule has 5 nitrogen and oxygen atoms in total. The third-order valence-electron chi connectivity index (χ3n) is 4.03. The maximum absolute atomic E-state index is 11.1. The molecule has 1 aliphatic carbocycles. The predicted octanol–water partition coefficient (Wildman–Crippen LogP) is 4.13. The second-order valence-electron chi connectivity index (χ2n) is 5.52. The highest BCUT2D eigenvalue weighted by molar-refractivity contribution is 6.42. The molecule has 0 radical (unpaired) electrons. The summed E-state index contributed by atoms with van der Waals surface area (Å²) in [5.41, 5.74) is 0.211. The molecular formula is C13H16Cl2N2O3. The average Bonchev–Trinajstić information content (AvgIpc) is 2.37. The van der Waals surface area contributed by atoms with E-state index in [2.05, 4.69) is 19.2 Å². The molecule has 0 aliphatic heterocycles. The molecule has 1 fully saturated rings. The number of ether oxygens (including phenoxy) is 1. The summed E-state index contributed by atoms with van der Waals surface area (Å²) in [6, 6.07) is 2.85. The standard InChI is InChI=1S/C13H16Cl2N2O3/c1-13(2)11(6-12(13)20-3)16-9-4-7(14)8(15)5-10(9)17(18)19/h4-5,11-12,16H,6H2,1-3H3. The van der Waals surface area contributed by atoms with Crippen molar-refractivity contribution in [2.75, 3.05) is 12.4 Å². The van der Waals surface area contributed by atoms with E-state index < -0.39 is 4.92 Å². The van der Waals surface area contributed by atoms with E-state index in [4.69, 9.17) is 27.9 Å². The van der Waals surface area contributed by atoms with E-state index >= 15 is 0 Å². The number of nitrogens with one attached hydrogen (secondary N) is 1. The highest BCUT2D eigenvalue weighted by Gasteiger charge is 2.49. The van der Waals surface area contributed by atoms with E-state index in [9.17, 15) is 10.1 Å². The van der Waals surface area contributed by atoms with Crippen molar-refractivity contribution >= 4 is 34.6 Å². The van der Waals surface area contributed by atoms with Gasteiger partial charge in [-0.3, -0.25) is 10.1 Å². The van der Waals surface area contributed by atoms with Crippen molar-refractivity contribution in [2.45, 2.75) is 32.4 Å². The molecule has 110 valence electrons. The van der Waals surface area contributed by atoms with Crippen LogP contribution in [0.1, 0.15) is 20.3 Å². The van der Waals surface area contributed by atoms with Gasteiger partial charge in [0.15, 0.2) is 0 Å². The Morgan fingerprint density at radius 3 is 2.50 bits per heavy atom. The Bertz CT molecular complexity index is 549. The van der Waals surface area contributed by atoms with E-state index in [-0.39, 0.29) is 28.3 Å². The van der Waals surface area contributed by atoms with Crippen LogP contribution in [0.25, 0.3) is 0 Å². The zero-order chi connectivity index (χ0) is 15.1. The van der Waals surface area contributed by atoms with Gasteiger partial charge in [-0.25, -0.2) is 0 Å². The zero-order valence-electron chi connectivity index (χ0n) is 11.4. The lowest BCUT2D eigenvalue weighted by atomic mass is 9.64. The third kappa shape index (κ3) is 2.57. The molecule has 0 bridgehead atoms. The van der Waals surface area contributed by atoms with Gasteiger partial charge in [-0.2, -0.15) is 0 Å². The summed E-state index contributed by atoms with van der Waals surface area (Å²) in [5.74, 6) is 0. The third-order valence-corrected chi connectivity index (χ3v) is 4.75. The summed E-state index contributed by atoms with van der Waals surface area (Å²) < 4.78 is 5.37. The van der Waals surface area contributed by atoms with E-state index in [1.807, 2.05) is 0 Å². The van der Waals surface area contributed by atoms with Crippen molar-refractivity contribution in [1.29, 1.82) is 0 Å². The summed E-state index contributed by atoms with van der Waals surface area (Å²) in [4.78, 5) is 10.6. The van der Waals surface area contributed by atoms with Crippen LogP contribution >= 0.6 is 23.2 Å². The van der Waals surface area contributed by atoms with Gasteiger partial charge in [0, 0.05) is 24.6 Å². The van der Waals surface area contributed by atoms with Crippen LogP contribution in [0.3, 0.4) is 0 Å². The quantitative estimate of drug-likeness (QED) is 0.669. The molecule has 1 aliphatic rings. The first-order valence-electron chi connectivity index (χ1n) is 6.20. The molecule has 0 aromatic heterocycles. The maximum Gasteiger partial charge on any atom is 0.293 e. The Labute approximate surface area is 127 Å². The molecule has 2 rings (SSSR count). The first-order valence-corrected chi connectivity index (χ1v) is 6.95. The summed E-state index contributed by atoms with van der Waals surface area (Å²) in [6.07, 6.45) is 0.933. The lowest BCUT2D eigenvalue weighted by molar-refractivity contribution is -0.384. The van der Waals surface area contributed by atoms with Gasteiger partial charge in [0.05, 0.1) is 21.1 Å². The molecule has 0 spiro atoms. The largest absolute Gasteiger partial charge is 0.381 e. The molecular weight excluding hydrogens is 303 g/mol. The molecule has 7 heteroatoms. The fraction of sp³-hybridized carbons (Fsp3) is 0.538. The predicted molar refractivity (Wildman–Crippen MR) is 79.7 cm³/mol. The van der Waals surface area contributed by atoms with Crippen molar-refractivity contribution in [3.05, 3.63) is 32.3 Å². The van der Waals surface area contributed by atoms with Gasteiger partial charge < -0.3 is 10.1 Å². The lowest BCUT2D eigenvalue weighted by Crippen LogP contribution is -2.57. The molecule has 1 aromatic rings. The average molecular weight is 319 g/mol. The Hall–Kier alpha value is -1.04. The topological polar surface area (TPSA) is 64.4 Å². The monoisotopic (exact) mass is 318 g/mol. The molecule has 1 saturated carbocycles. The Kier molecular flexibility index (Phi) is 4.14. The maximum atomic E-state index is 11.1. The number of nitrogens with zero attached hydrogens (tertiary/aromatic N) is 1. The van der Waals surface area contributed by atoms with Crippen molar-refractivity contribution in [1.82, 2.24) is 0 Å². The highest BCUT2D eigenvalue weighted by Crippen LogP contribution is 2.45. The number of halogens is 2. The van der Waals surface area contributed by atoms with Crippen LogP contribution in [0, 0.1) is 15.5 Å². The number of rotatable bonds is 4. The Balaban J connectivity index is 2.26. The van der Waals surface area contributed by atoms with Gasteiger partial charge in [-0.15, -0.1) is 0 Å². The molecule has 1 aromatic carbocycles. The van der Waals surface area contributed by atoms with E-state index in [0.717, 1.165) is 6.42 Å². The van der Waals surface area contributed by atoms with Gasteiger partial charge in [0.2, 0.25) is 0 Å². The summed E-state index contributed by atoms with van der Waals surface area (Å²) in [7, 11) is 1.67. The second-order valence-corrected chi connectivity index (χ2v) is 6.33. The second kappa shape index (κ2) is 5.39. The van der Waals surface area contributed by atoms with Crippen LogP contribution in [0.5, 0.6) is 0 Å². The van der Waals surface area contributed by atoms with E-state index in [1.54, 1.807) is 7.11 Å². The number of nitro groups is 1. The fourth-order valence-corrected chi connectivity index (χ4v) is 2.84. The number of benzene rings is 1. The number of hydrogen-bond donors (Lipinski definition) is 1. The van der Waals surface area contributed by atoms with Gasteiger partial charge in [-0.1, -0.05) is 37.0 Å². The highest BCUT2D eigenvalue weighted by atomic mass is 35.5. The summed E-state index contributed by atoms with van der Waals surface area (Å²) in [6.45, 7) is 4.12. The number of hydrogen-bond acceptors (Lipinski definition) is 4. The SMILES string of the molecule is COC1CC(Nc2cc(Cl)c(Cl)cc2[N+](=O)[O-])C1(C)C. The van der Waals surface area contributed by atoms with Crippen molar-refractivity contribution in [2.24, 2.45) is 5.41 Å². The zero-order valence-corrected chi connectivity index (χ0v) is 13.0. The van der Waals surface area contributed by atoms with E-state index in [0.29, 0.717) is 10.7 Å². The van der Waals surface area contributed by atoms with Crippen LogP contribution < -0.4 is 5.32 Å². The number of anilines is 1. The minimum Gasteiger partial charge on any atom is -0.381 e. The van der Waals surface area contributed by atoms with Gasteiger partial charge >= 0.3 is 0 Å². The lowest BCUT2D eigenvalue weighted by Gasteiger charge is -2.51. The van der Waals surface area contributed by atoms with Gasteiger partial charge in [-0.05, 0) is 12.5 Å². The summed E-state index contributed by atoms with van der Waals surface area (Å²) in [5, 5.41) is 14.7. The van der Waals surface area contributed by atoms with Crippen LogP contribution in [-0.4, -0.2) is 24.2 Å². The smallest absolute Gasteiger partial charge is 0.293 e. The van der Waals surface area contributed by atoms with E-state index in [1.165, 1.54) is 12.1 Å². The molecule has 20 heavy (non-hydrogen) atoms.